The molecule has 0 saturated carbocycles. The summed E-state index contributed by atoms with van der Waals surface area (Å²) in [4.78, 5) is 16.5. The largest absolute Gasteiger partial charge is 0.496 e. The summed E-state index contributed by atoms with van der Waals surface area (Å²) in [6.45, 7) is 1.56. The molecule has 0 fully saturated rings. The zero-order valence-electron chi connectivity index (χ0n) is 11.2. The van der Waals surface area contributed by atoms with Gasteiger partial charge in [0, 0.05) is 24.1 Å². The van der Waals surface area contributed by atoms with E-state index in [1.54, 1.807) is 20.2 Å². The van der Waals surface area contributed by atoms with Crippen LogP contribution in [0.1, 0.15) is 16.6 Å². The SMILES string of the molecule is COc1ccc(-c2ncc(C(C)=O)s2)c2ccccc12. The third-order valence-electron chi connectivity index (χ3n) is 3.19. The second-order valence-corrected chi connectivity index (χ2v) is 5.48. The molecule has 1 heterocycles. The number of carbonyl (C=O) groups excluding carboxylic acids is 1. The van der Waals surface area contributed by atoms with E-state index >= 15 is 0 Å². The Morgan fingerprint density at radius 3 is 2.55 bits per heavy atom. The first-order chi connectivity index (χ1) is 9.70. The first kappa shape index (κ1) is 12.8. The van der Waals surface area contributed by atoms with Crippen molar-refractivity contribution in [1.82, 2.24) is 4.98 Å². The van der Waals surface area contributed by atoms with E-state index in [4.69, 9.17) is 4.74 Å². The van der Waals surface area contributed by atoms with Crippen molar-refractivity contribution in [1.29, 1.82) is 0 Å². The lowest BCUT2D eigenvalue weighted by Crippen LogP contribution is -1.87. The molecule has 100 valence electrons. The molecule has 3 aromatic rings. The van der Waals surface area contributed by atoms with Gasteiger partial charge in [0.05, 0.1) is 12.0 Å². The standard InChI is InChI=1S/C16H13NO2S/c1-10(18)15-9-17-16(20-15)13-7-8-14(19-2)12-6-4-3-5-11(12)13/h3-9H,1-2H3. The second-order valence-electron chi connectivity index (χ2n) is 4.45. The number of Topliss-reactive ketones (excluding diaryl/α,β-unsaturated/α-hetero) is 1. The van der Waals surface area contributed by atoms with Gasteiger partial charge in [0.25, 0.3) is 0 Å². The number of fused-ring (bicyclic) bond motifs is 1. The molecule has 3 rings (SSSR count). The zero-order valence-corrected chi connectivity index (χ0v) is 12.0. The summed E-state index contributed by atoms with van der Waals surface area (Å²) in [7, 11) is 1.67. The van der Waals surface area contributed by atoms with Gasteiger partial charge >= 0.3 is 0 Å². The van der Waals surface area contributed by atoms with Crippen LogP contribution in [0, 0.1) is 0 Å². The molecule has 1 aromatic heterocycles. The van der Waals surface area contributed by atoms with E-state index in [0.29, 0.717) is 4.88 Å². The minimum absolute atomic E-state index is 0.0477. The van der Waals surface area contributed by atoms with Gasteiger partial charge in [-0.2, -0.15) is 0 Å². The summed E-state index contributed by atoms with van der Waals surface area (Å²) < 4.78 is 5.39. The highest BCUT2D eigenvalue weighted by atomic mass is 32.1. The lowest BCUT2D eigenvalue weighted by Gasteiger charge is -2.08. The number of aromatic nitrogens is 1. The smallest absolute Gasteiger partial charge is 0.171 e. The summed E-state index contributed by atoms with van der Waals surface area (Å²) in [6.07, 6.45) is 1.64. The highest BCUT2D eigenvalue weighted by Gasteiger charge is 2.12. The van der Waals surface area contributed by atoms with E-state index in [9.17, 15) is 4.79 Å². The lowest BCUT2D eigenvalue weighted by molar-refractivity contribution is 0.102. The van der Waals surface area contributed by atoms with Crippen molar-refractivity contribution in [2.75, 3.05) is 7.11 Å². The summed E-state index contributed by atoms with van der Waals surface area (Å²) in [5.74, 6) is 0.888. The van der Waals surface area contributed by atoms with Gasteiger partial charge in [0.2, 0.25) is 0 Å². The van der Waals surface area contributed by atoms with Crippen molar-refractivity contribution in [2.24, 2.45) is 0 Å². The third-order valence-corrected chi connectivity index (χ3v) is 4.32. The van der Waals surface area contributed by atoms with Gasteiger partial charge in [-0.3, -0.25) is 4.79 Å². The van der Waals surface area contributed by atoms with Crippen LogP contribution in [-0.4, -0.2) is 17.9 Å². The number of ether oxygens (including phenoxy) is 1. The molecule has 0 aliphatic carbocycles. The molecule has 0 saturated heterocycles. The maximum atomic E-state index is 11.4. The summed E-state index contributed by atoms with van der Waals surface area (Å²) in [6, 6.07) is 12.0. The highest BCUT2D eigenvalue weighted by Crippen LogP contribution is 2.36. The Balaban J connectivity index is 2.23. The van der Waals surface area contributed by atoms with Gasteiger partial charge in [0.15, 0.2) is 5.78 Å². The number of ketones is 1. The maximum absolute atomic E-state index is 11.4. The number of benzene rings is 2. The fourth-order valence-corrected chi connectivity index (χ4v) is 3.05. The van der Waals surface area contributed by atoms with E-state index in [1.165, 1.54) is 11.3 Å². The van der Waals surface area contributed by atoms with Gasteiger partial charge in [-0.05, 0) is 17.5 Å². The molecular weight excluding hydrogens is 270 g/mol. The Morgan fingerprint density at radius 1 is 1.15 bits per heavy atom. The number of thiazole rings is 1. The minimum Gasteiger partial charge on any atom is -0.496 e. The van der Waals surface area contributed by atoms with Crippen LogP contribution >= 0.6 is 11.3 Å². The fourth-order valence-electron chi connectivity index (χ4n) is 2.20. The maximum Gasteiger partial charge on any atom is 0.171 e. The van der Waals surface area contributed by atoms with Gasteiger partial charge in [-0.1, -0.05) is 24.3 Å². The normalized spacial score (nSPS) is 10.7. The molecule has 0 amide bonds. The molecule has 3 nitrogen and oxygen atoms in total. The van der Waals surface area contributed by atoms with Crippen molar-refractivity contribution in [2.45, 2.75) is 6.92 Å². The Labute approximate surface area is 120 Å². The Kier molecular flexibility index (Phi) is 3.24. The Hall–Kier alpha value is -2.20. The average Bonchev–Trinajstić information content (AvgIpc) is 2.96. The quantitative estimate of drug-likeness (QED) is 0.677. The van der Waals surface area contributed by atoms with Crippen molar-refractivity contribution in [3.8, 4) is 16.3 Å². The van der Waals surface area contributed by atoms with Crippen molar-refractivity contribution >= 4 is 27.9 Å². The van der Waals surface area contributed by atoms with Crippen LogP contribution in [0.5, 0.6) is 5.75 Å². The fraction of sp³-hybridized carbons (Fsp3) is 0.125. The molecule has 0 aliphatic heterocycles. The topological polar surface area (TPSA) is 39.2 Å². The summed E-state index contributed by atoms with van der Waals surface area (Å²) in [5, 5.41) is 2.98. The number of rotatable bonds is 3. The van der Waals surface area contributed by atoms with Crippen LogP contribution < -0.4 is 4.74 Å². The first-order valence-corrected chi connectivity index (χ1v) is 7.05. The number of hydrogen-bond acceptors (Lipinski definition) is 4. The minimum atomic E-state index is 0.0477. The molecule has 0 atom stereocenters. The van der Waals surface area contributed by atoms with Crippen LogP contribution in [-0.2, 0) is 0 Å². The molecule has 0 radical (unpaired) electrons. The van der Waals surface area contributed by atoms with Crippen molar-refractivity contribution < 1.29 is 9.53 Å². The molecule has 20 heavy (non-hydrogen) atoms. The van der Waals surface area contributed by atoms with Crippen LogP contribution in [0.4, 0.5) is 0 Å². The van der Waals surface area contributed by atoms with E-state index in [-0.39, 0.29) is 5.78 Å². The zero-order chi connectivity index (χ0) is 14.1. The predicted octanol–water partition coefficient (Wildman–Crippen LogP) is 4.17. The number of carbonyl (C=O) groups is 1. The third kappa shape index (κ3) is 2.08. The molecule has 2 aromatic carbocycles. The Bertz CT molecular complexity index is 792. The van der Waals surface area contributed by atoms with Crippen LogP contribution in [0.15, 0.2) is 42.6 Å². The van der Waals surface area contributed by atoms with E-state index in [2.05, 4.69) is 4.98 Å². The molecule has 4 heteroatoms. The second kappa shape index (κ2) is 5.06. The van der Waals surface area contributed by atoms with Crippen LogP contribution in [0.2, 0.25) is 0 Å². The Morgan fingerprint density at radius 2 is 1.90 bits per heavy atom. The molecule has 0 spiro atoms. The van der Waals surface area contributed by atoms with E-state index in [0.717, 1.165) is 27.1 Å². The molecule has 0 unspecified atom stereocenters. The molecule has 0 N–H and O–H groups in total. The number of methoxy groups -OCH3 is 1. The van der Waals surface area contributed by atoms with E-state index in [1.807, 2.05) is 36.4 Å². The molecular formula is C16H13NO2S. The molecule has 0 aliphatic rings. The predicted molar refractivity (Wildman–Crippen MR) is 81.6 cm³/mol. The van der Waals surface area contributed by atoms with Crippen LogP contribution in [0.25, 0.3) is 21.3 Å². The highest BCUT2D eigenvalue weighted by molar-refractivity contribution is 7.17. The van der Waals surface area contributed by atoms with Crippen LogP contribution in [0.3, 0.4) is 0 Å². The van der Waals surface area contributed by atoms with E-state index < -0.39 is 0 Å². The average molecular weight is 283 g/mol. The summed E-state index contributed by atoms with van der Waals surface area (Å²) in [5.41, 5.74) is 1.03. The van der Waals surface area contributed by atoms with Gasteiger partial charge in [0.1, 0.15) is 10.8 Å². The van der Waals surface area contributed by atoms with Crippen molar-refractivity contribution in [3.63, 3.8) is 0 Å². The van der Waals surface area contributed by atoms with Gasteiger partial charge in [-0.25, -0.2) is 4.98 Å². The van der Waals surface area contributed by atoms with Gasteiger partial charge in [-0.15, -0.1) is 11.3 Å². The molecule has 0 bridgehead atoms. The van der Waals surface area contributed by atoms with Crippen molar-refractivity contribution in [3.05, 3.63) is 47.5 Å². The number of hydrogen-bond donors (Lipinski definition) is 0. The van der Waals surface area contributed by atoms with Gasteiger partial charge < -0.3 is 4.74 Å². The monoisotopic (exact) mass is 283 g/mol. The summed E-state index contributed by atoms with van der Waals surface area (Å²) >= 11 is 1.42. The number of nitrogens with zero attached hydrogens (tertiary/aromatic N) is 1. The first-order valence-electron chi connectivity index (χ1n) is 6.23. The lowest BCUT2D eigenvalue weighted by atomic mass is 10.0.